The molecule has 0 fully saturated rings. The number of anilines is 2. The van der Waals surface area contributed by atoms with E-state index in [9.17, 15) is 4.79 Å². The van der Waals surface area contributed by atoms with Crippen LogP contribution >= 0.6 is 43.2 Å². The summed E-state index contributed by atoms with van der Waals surface area (Å²) in [6, 6.07) is 13.1. The van der Waals surface area contributed by atoms with Crippen molar-refractivity contribution in [1.82, 2.24) is 9.97 Å². The van der Waals surface area contributed by atoms with Crippen molar-refractivity contribution in [3.8, 4) is 11.3 Å². The zero-order valence-corrected chi connectivity index (χ0v) is 17.7. The fourth-order valence-corrected chi connectivity index (χ4v) is 4.75. The minimum absolute atomic E-state index is 0.263. The van der Waals surface area contributed by atoms with E-state index in [-0.39, 0.29) is 5.91 Å². The molecule has 8 heteroatoms. The molecule has 0 aliphatic heterocycles. The van der Waals surface area contributed by atoms with E-state index in [1.165, 1.54) is 11.3 Å². The molecule has 5 nitrogen and oxygen atoms in total. The summed E-state index contributed by atoms with van der Waals surface area (Å²) in [5.74, 6) is -0.263. The van der Waals surface area contributed by atoms with Crippen LogP contribution in [0.1, 0.15) is 9.67 Å². The highest BCUT2D eigenvalue weighted by Gasteiger charge is 2.18. The van der Waals surface area contributed by atoms with E-state index < -0.39 is 0 Å². The largest absolute Gasteiger partial charge is 0.397 e. The molecule has 0 aliphatic carbocycles. The Morgan fingerprint density at radius 1 is 1.15 bits per heavy atom. The van der Waals surface area contributed by atoms with Gasteiger partial charge in [-0.15, -0.1) is 11.3 Å². The summed E-state index contributed by atoms with van der Waals surface area (Å²) in [5, 5.41) is 3.66. The number of nitrogens with zero attached hydrogens (tertiary/aromatic N) is 2. The third kappa shape index (κ3) is 3.60. The number of carbonyl (C=O) groups excluding carboxylic acids is 1. The second-order valence-corrected chi connectivity index (χ2v) is 8.48. The molecule has 4 rings (SSSR count). The number of rotatable bonds is 3. The van der Waals surface area contributed by atoms with Crippen LogP contribution in [0.3, 0.4) is 0 Å². The minimum Gasteiger partial charge on any atom is -0.397 e. The van der Waals surface area contributed by atoms with Crippen LogP contribution in [0.15, 0.2) is 63.8 Å². The van der Waals surface area contributed by atoms with E-state index in [4.69, 9.17) is 5.73 Å². The maximum atomic E-state index is 12.7. The van der Waals surface area contributed by atoms with Crippen molar-refractivity contribution in [3.05, 3.63) is 68.7 Å². The molecule has 0 saturated heterocycles. The number of amides is 1. The average Bonchev–Trinajstić information content (AvgIpc) is 3.01. The van der Waals surface area contributed by atoms with Gasteiger partial charge in [-0.1, -0.05) is 15.9 Å². The quantitative estimate of drug-likeness (QED) is 0.374. The highest BCUT2D eigenvalue weighted by molar-refractivity contribution is 9.11. The molecule has 0 aliphatic rings. The minimum atomic E-state index is -0.263. The number of hydrogen-bond acceptors (Lipinski definition) is 5. The van der Waals surface area contributed by atoms with E-state index in [1.54, 1.807) is 12.4 Å². The molecule has 3 N–H and O–H groups in total. The van der Waals surface area contributed by atoms with Gasteiger partial charge in [0, 0.05) is 32.3 Å². The fourth-order valence-electron chi connectivity index (χ4n) is 2.61. The first kappa shape index (κ1) is 18.1. The molecule has 27 heavy (non-hydrogen) atoms. The van der Waals surface area contributed by atoms with E-state index in [2.05, 4.69) is 47.1 Å². The molecule has 1 aromatic carbocycles. The first-order chi connectivity index (χ1) is 13.0. The summed E-state index contributed by atoms with van der Waals surface area (Å²) < 4.78 is 1.70. The maximum absolute atomic E-state index is 12.7. The molecule has 4 aromatic rings. The Morgan fingerprint density at radius 3 is 2.74 bits per heavy atom. The predicted octanol–water partition coefficient (Wildman–Crippen LogP) is 5.72. The lowest BCUT2D eigenvalue weighted by Gasteiger charge is -2.07. The number of nitrogens with one attached hydrogen (secondary N) is 1. The van der Waals surface area contributed by atoms with Crippen molar-refractivity contribution in [2.75, 3.05) is 11.1 Å². The van der Waals surface area contributed by atoms with Gasteiger partial charge >= 0.3 is 0 Å². The average molecular weight is 504 g/mol. The van der Waals surface area contributed by atoms with Crippen molar-refractivity contribution < 1.29 is 4.79 Å². The Balaban J connectivity index is 1.69. The van der Waals surface area contributed by atoms with E-state index >= 15 is 0 Å². The number of nitrogens with two attached hydrogens (primary N) is 1. The van der Waals surface area contributed by atoms with Gasteiger partial charge in [-0.3, -0.25) is 9.78 Å². The summed E-state index contributed by atoms with van der Waals surface area (Å²) in [6.07, 6.45) is 3.47. The van der Waals surface area contributed by atoms with Crippen LogP contribution in [0.2, 0.25) is 0 Å². The maximum Gasteiger partial charge on any atom is 0.267 e. The van der Waals surface area contributed by atoms with Gasteiger partial charge in [0.05, 0.1) is 17.1 Å². The fraction of sp³-hybridized carbons (Fsp3) is 0. The van der Waals surface area contributed by atoms with Crippen LogP contribution in [0.5, 0.6) is 0 Å². The molecule has 134 valence electrons. The summed E-state index contributed by atoms with van der Waals surface area (Å²) in [5.41, 5.74) is 9.03. The lowest BCUT2D eigenvalue weighted by molar-refractivity contribution is 0.103. The number of aromatic nitrogens is 2. The number of nitrogen functional groups attached to an aromatic ring is 1. The third-order valence-electron chi connectivity index (χ3n) is 3.94. The molecule has 0 saturated carbocycles. The van der Waals surface area contributed by atoms with Crippen LogP contribution in [-0.4, -0.2) is 15.9 Å². The molecular weight excluding hydrogens is 492 g/mol. The molecule has 3 aromatic heterocycles. The van der Waals surface area contributed by atoms with Gasteiger partial charge in [-0.05, 0) is 58.4 Å². The Morgan fingerprint density at radius 2 is 2.00 bits per heavy atom. The Hall–Kier alpha value is -2.29. The predicted molar refractivity (Wildman–Crippen MR) is 117 cm³/mol. The number of fused-ring (bicyclic) bond motifs is 1. The van der Waals surface area contributed by atoms with Crippen LogP contribution in [0, 0.1) is 0 Å². The molecule has 0 atom stereocenters. The van der Waals surface area contributed by atoms with Crippen molar-refractivity contribution >= 4 is 70.7 Å². The third-order valence-corrected chi connectivity index (χ3v) is 6.20. The van der Waals surface area contributed by atoms with Gasteiger partial charge in [0.1, 0.15) is 9.71 Å². The van der Waals surface area contributed by atoms with Crippen LogP contribution in [-0.2, 0) is 0 Å². The lowest BCUT2D eigenvalue weighted by Crippen LogP contribution is -2.12. The zero-order chi connectivity index (χ0) is 19.0. The normalized spacial score (nSPS) is 10.9. The Bertz CT molecular complexity index is 1160. The van der Waals surface area contributed by atoms with Crippen molar-refractivity contribution in [1.29, 1.82) is 0 Å². The standard InChI is InChI=1S/C19H12Br2N4OS/c20-11-3-5-15(13(21)8-11)24-18(26)17-16(22)12-4-6-14(25-19(12)27-17)10-2-1-7-23-9-10/h1-9H,22H2,(H,24,26). The van der Waals surface area contributed by atoms with Crippen LogP contribution in [0.25, 0.3) is 21.5 Å². The molecular formula is C19H12Br2N4OS. The SMILES string of the molecule is Nc1c(C(=O)Nc2ccc(Br)cc2Br)sc2nc(-c3cccnc3)ccc12. The molecule has 0 radical (unpaired) electrons. The number of halogens is 2. The molecule has 3 heterocycles. The van der Waals surface area contributed by atoms with Crippen LogP contribution in [0.4, 0.5) is 11.4 Å². The summed E-state index contributed by atoms with van der Waals surface area (Å²) >= 11 is 8.12. The first-order valence-corrected chi connectivity index (χ1v) is 10.3. The van der Waals surface area contributed by atoms with Gasteiger partial charge in [-0.25, -0.2) is 4.98 Å². The Labute approximate surface area is 175 Å². The number of hydrogen-bond donors (Lipinski definition) is 2. The molecule has 0 spiro atoms. The number of benzene rings is 1. The van der Waals surface area contributed by atoms with Gasteiger partial charge in [0.25, 0.3) is 5.91 Å². The second kappa shape index (κ2) is 7.38. The highest BCUT2D eigenvalue weighted by atomic mass is 79.9. The monoisotopic (exact) mass is 502 g/mol. The summed E-state index contributed by atoms with van der Waals surface area (Å²) in [6.45, 7) is 0. The second-order valence-electron chi connectivity index (χ2n) is 5.71. The molecule has 0 unspecified atom stereocenters. The zero-order valence-electron chi connectivity index (χ0n) is 13.7. The number of carbonyl (C=O) groups is 1. The van der Waals surface area contributed by atoms with E-state index in [1.807, 2.05) is 42.5 Å². The van der Waals surface area contributed by atoms with E-state index in [0.717, 1.165) is 25.6 Å². The lowest BCUT2D eigenvalue weighted by atomic mass is 10.1. The van der Waals surface area contributed by atoms with Crippen LogP contribution < -0.4 is 11.1 Å². The van der Waals surface area contributed by atoms with Gasteiger partial charge in [-0.2, -0.15) is 0 Å². The van der Waals surface area contributed by atoms with Crippen molar-refractivity contribution in [2.45, 2.75) is 0 Å². The molecule has 0 bridgehead atoms. The first-order valence-electron chi connectivity index (χ1n) is 7.89. The van der Waals surface area contributed by atoms with Gasteiger partial charge < -0.3 is 11.1 Å². The Kier molecular flexibility index (Phi) is 4.94. The van der Waals surface area contributed by atoms with Gasteiger partial charge in [0.15, 0.2) is 0 Å². The summed E-state index contributed by atoms with van der Waals surface area (Å²) in [7, 11) is 0. The van der Waals surface area contributed by atoms with Crippen molar-refractivity contribution in [2.24, 2.45) is 0 Å². The number of thiophene rings is 1. The van der Waals surface area contributed by atoms with Crippen molar-refractivity contribution in [3.63, 3.8) is 0 Å². The highest BCUT2D eigenvalue weighted by Crippen LogP contribution is 2.35. The topological polar surface area (TPSA) is 80.9 Å². The molecule has 1 amide bonds. The van der Waals surface area contributed by atoms with E-state index in [0.29, 0.717) is 21.1 Å². The van der Waals surface area contributed by atoms with Gasteiger partial charge in [0.2, 0.25) is 0 Å². The smallest absolute Gasteiger partial charge is 0.267 e. The summed E-state index contributed by atoms with van der Waals surface area (Å²) in [4.78, 5) is 22.7. The number of pyridine rings is 2.